The molecule has 0 heterocycles. The van der Waals surface area contributed by atoms with Gasteiger partial charge in [0.05, 0.1) is 0 Å². The van der Waals surface area contributed by atoms with Crippen molar-refractivity contribution >= 4 is 11.5 Å². The lowest BCUT2D eigenvalue weighted by molar-refractivity contribution is -0.130. The predicted octanol–water partition coefficient (Wildman–Crippen LogP) is 4.75. The van der Waals surface area contributed by atoms with Crippen LogP contribution in [0.4, 0.5) is 4.39 Å². The number of halogens is 1. The summed E-state index contributed by atoms with van der Waals surface area (Å²) in [6.07, 6.45) is 0.496. The molecule has 2 aromatic carbocycles. The van der Waals surface area contributed by atoms with Crippen molar-refractivity contribution in [1.82, 2.24) is 4.90 Å². The molecule has 2 aromatic rings. The zero-order valence-electron chi connectivity index (χ0n) is 17.2. The summed E-state index contributed by atoms with van der Waals surface area (Å²) in [5, 5.41) is 10.0. The summed E-state index contributed by atoms with van der Waals surface area (Å²) < 4.78 is 20.0. The minimum absolute atomic E-state index is 0.0329. The first-order valence-corrected chi connectivity index (χ1v) is 9.23. The highest BCUT2D eigenvalue weighted by Gasteiger charge is 2.15. The number of nitrogens with zero attached hydrogens (tertiary/aromatic N) is 1. The van der Waals surface area contributed by atoms with E-state index in [1.807, 2.05) is 32.9 Å². The van der Waals surface area contributed by atoms with Gasteiger partial charge in [-0.05, 0) is 59.7 Å². The monoisotopic (exact) mass is 385 g/mol. The largest absolute Gasteiger partial charge is 0.508 e. The van der Waals surface area contributed by atoms with Crippen LogP contribution in [0.5, 0.6) is 11.5 Å². The average Bonchev–Trinajstić information content (AvgIpc) is 2.61. The van der Waals surface area contributed by atoms with E-state index in [1.165, 1.54) is 11.0 Å². The van der Waals surface area contributed by atoms with E-state index in [4.69, 9.17) is 4.74 Å². The Morgan fingerprint density at radius 3 is 2.50 bits per heavy atom. The van der Waals surface area contributed by atoms with E-state index < -0.39 is 5.82 Å². The van der Waals surface area contributed by atoms with Crippen molar-refractivity contribution in [3.63, 3.8) is 0 Å². The average molecular weight is 385 g/mol. The Morgan fingerprint density at radius 2 is 1.93 bits per heavy atom. The Bertz CT molecular complexity index is 888. The van der Waals surface area contributed by atoms with Crippen LogP contribution in [-0.4, -0.2) is 36.6 Å². The first-order chi connectivity index (χ1) is 13.1. The van der Waals surface area contributed by atoms with Gasteiger partial charge in [-0.25, -0.2) is 4.39 Å². The highest BCUT2D eigenvalue weighted by Crippen LogP contribution is 2.31. The fourth-order valence-corrected chi connectivity index (χ4v) is 2.91. The molecule has 0 unspecified atom stereocenters. The minimum Gasteiger partial charge on any atom is -0.508 e. The SMILES string of the molecule is C=C(C)c1cc(OCC(=O)N(C)C)c(F)cc1Cc1ccc(O)c(C(C)C)c1. The molecule has 0 bridgehead atoms. The molecule has 1 N–H and O–H groups in total. The number of amides is 1. The lowest BCUT2D eigenvalue weighted by Crippen LogP contribution is -2.27. The molecule has 0 saturated carbocycles. The summed E-state index contributed by atoms with van der Waals surface area (Å²) in [5.74, 6) is -0.285. The molecule has 0 fully saturated rings. The summed E-state index contributed by atoms with van der Waals surface area (Å²) in [4.78, 5) is 13.1. The van der Waals surface area contributed by atoms with Crippen LogP contribution in [0.2, 0.25) is 0 Å². The van der Waals surface area contributed by atoms with E-state index in [2.05, 4.69) is 6.58 Å². The lowest BCUT2D eigenvalue weighted by Gasteiger charge is -2.16. The van der Waals surface area contributed by atoms with Crippen molar-refractivity contribution in [2.75, 3.05) is 20.7 Å². The molecule has 4 nitrogen and oxygen atoms in total. The highest BCUT2D eigenvalue weighted by atomic mass is 19.1. The number of phenols is 1. The molecule has 0 radical (unpaired) electrons. The van der Waals surface area contributed by atoms with Gasteiger partial charge in [0, 0.05) is 14.1 Å². The lowest BCUT2D eigenvalue weighted by atomic mass is 9.93. The Balaban J connectivity index is 2.35. The van der Waals surface area contributed by atoms with Crippen LogP contribution < -0.4 is 4.74 Å². The molecule has 28 heavy (non-hydrogen) atoms. The third-order valence-electron chi connectivity index (χ3n) is 4.58. The number of likely N-dealkylation sites (N-methyl/N-ethyl adjacent to an activating group) is 1. The molecule has 0 aliphatic carbocycles. The van der Waals surface area contributed by atoms with E-state index >= 15 is 0 Å². The van der Waals surface area contributed by atoms with Gasteiger partial charge in [0.15, 0.2) is 18.2 Å². The van der Waals surface area contributed by atoms with Crippen molar-refractivity contribution in [3.05, 3.63) is 65.0 Å². The van der Waals surface area contributed by atoms with Crippen molar-refractivity contribution < 1.29 is 19.0 Å². The zero-order chi connectivity index (χ0) is 21.0. The van der Waals surface area contributed by atoms with E-state index in [-0.39, 0.29) is 29.9 Å². The molecule has 150 valence electrons. The number of phenolic OH excluding ortho intramolecular Hbond substituents is 1. The molecular formula is C23H28FNO3. The quantitative estimate of drug-likeness (QED) is 0.749. The van der Waals surface area contributed by atoms with Crippen LogP contribution in [-0.2, 0) is 11.2 Å². The minimum atomic E-state index is -0.519. The van der Waals surface area contributed by atoms with Gasteiger partial charge in [-0.1, -0.05) is 38.1 Å². The topological polar surface area (TPSA) is 49.8 Å². The molecule has 0 aliphatic heterocycles. The maximum atomic E-state index is 14.6. The number of hydrogen-bond donors (Lipinski definition) is 1. The zero-order valence-corrected chi connectivity index (χ0v) is 17.2. The van der Waals surface area contributed by atoms with Gasteiger partial charge in [0.1, 0.15) is 5.75 Å². The second kappa shape index (κ2) is 8.91. The third-order valence-corrected chi connectivity index (χ3v) is 4.58. The smallest absolute Gasteiger partial charge is 0.259 e. The molecular weight excluding hydrogens is 357 g/mol. The Hall–Kier alpha value is -2.82. The van der Waals surface area contributed by atoms with Gasteiger partial charge < -0.3 is 14.7 Å². The number of ether oxygens (including phenoxy) is 1. The second-order valence-electron chi connectivity index (χ2n) is 7.52. The van der Waals surface area contributed by atoms with Gasteiger partial charge >= 0.3 is 0 Å². The number of benzene rings is 2. The molecule has 0 saturated heterocycles. The molecule has 0 spiro atoms. The molecule has 0 aliphatic rings. The fraction of sp³-hybridized carbons (Fsp3) is 0.348. The normalized spacial score (nSPS) is 10.8. The summed E-state index contributed by atoms with van der Waals surface area (Å²) >= 11 is 0. The van der Waals surface area contributed by atoms with E-state index in [1.54, 1.807) is 26.2 Å². The Morgan fingerprint density at radius 1 is 1.25 bits per heavy atom. The molecule has 2 rings (SSSR count). The molecule has 0 atom stereocenters. The van der Waals surface area contributed by atoms with Crippen molar-refractivity contribution in [2.45, 2.75) is 33.1 Å². The van der Waals surface area contributed by atoms with Crippen LogP contribution in [0.25, 0.3) is 5.57 Å². The maximum absolute atomic E-state index is 14.6. The van der Waals surface area contributed by atoms with Gasteiger partial charge in [-0.2, -0.15) is 0 Å². The first-order valence-electron chi connectivity index (χ1n) is 9.23. The maximum Gasteiger partial charge on any atom is 0.259 e. The van der Waals surface area contributed by atoms with Crippen molar-refractivity contribution in [1.29, 1.82) is 0 Å². The number of rotatable bonds is 7. The first kappa shape index (κ1) is 21.5. The van der Waals surface area contributed by atoms with Crippen LogP contribution in [0.1, 0.15) is 48.9 Å². The standard InChI is InChI=1S/C23H28FNO3/c1-14(2)18-12-22(28-13-23(27)25(5)6)20(24)11-17(18)9-16-7-8-21(26)19(10-16)15(3)4/h7-8,10-12,15,26H,1,9,13H2,2-6H3. The van der Waals surface area contributed by atoms with Gasteiger partial charge in [-0.15, -0.1) is 0 Å². The van der Waals surface area contributed by atoms with Gasteiger partial charge in [0.2, 0.25) is 0 Å². The van der Waals surface area contributed by atoms with E-state index in [9.17, 15) is 14.3 Å². The molecule has 5 heteroatoms. The van der Waals surface area contributed by atoms with E-state index in [0.29, 0.717) is 6.42 Å². The third kappa shape index (κ3) is 5.12. The van der Waals surface area contributed by atoms with Crippen molar-refractivity contribution in [3.8, 4) is 11.5 Å². The van der Waals surface area contributed by atoms with Crippen LogP contribution in [0, 0.1) is 5.82 Å². The van der Waals surface area contributed by atoms with Crippen LogP contribution in [0.15, 0.2) is 36.9 Å². The Labute approximate surface area is 166 Å². The number of allylic oxidation sites excluding steroid dienone is 1. The second-order valence-corrected chi connectivity index (χ2v) is 7.52. The van der Waals surface area contributed by atoms with Gasteiger partial charge in [0.25, 0.3) is 5.91 Å². The van der Waals surface area contributed by atoms with E-state index in [0.717, 1.165) is 27.8 Å². The summed E-state index contributed by atoms with van der Waals surface area (Å²) in [7, 11) is 3.24. The summed E-state index contributed by atoms with van der Waals surface area (Å²) in [6.45, 7) is 9.64. The van der Waals surface area contributed by atoms with Crippen LogP contribution in [0.3, 0.4) is 0 Å². The number of hydrogen-bond acceptors (Lipinski definition) is 3. The van der Waals surface area contributed by atoms with Crippen LogP contribution >= 0.6 is 0 Å². The molecule has 1 amide bonds. The van der Waals surface area contributed by atoms with Crippen molar-refractivity contribution in [2.24, 2.45) is 0 Å². The summed E-state index contributed by atoms with van der Waals surface area (Å²) in [6, 6.07) is 8.48. The number of carbonyl (C=O) groups is 1. The fourth-order valence-electron chi connectivity index (χ4n) is 2.91. The van der Waals surface area contributed by atoms with Gasteiger partial charge in [-0.3, -0.25) is 4.79 Å². The number of carbonyl (C=O) groups excluding carboxylic acids is 1. The number of aromatic hydroxyl groups is 1. The molecule has 0 aromatic heterocycles. The highest BCUT2D eigenvalue weighted by molar-refractivity contribution is 5.77. The summed E-state index contributed by atoms with van der Waals surface area (Å²) in [5.41, 5.74) is 4.17. The Kier molecular flexibility index (Phi) is 6.84. The predicted molar refractivity (Wildman–Crippen MR) is 110 cm³/mol.